The Morgan fingerprint density at radius 1 is 1.39 bits per heavy atom. The van der Waals surface area contributed by atoms with E-state index in [9.17, 15) is 9.18 Å². The molecule has 4 nitrogen and oxygen atoms in total. The normalized spacial score (nSPS) is 13.4. The van der Waals surface area contributed by atoms with Gasteiger partial charge in [0, 0.05) is 12.5 Å². The summed E-state index contributed by atoms with van der Waals surface area (Å²) in [4.78, 5) is 12.1. The highest BCUT2D eigenvalue weighted by molar-refractivity contribution is 9.10. The second kappa shape index (κ2) is 8.15. The lowest BCUT2D eigenvalue weighted by atomic mass is 10.1. The Bertz CT molecular complexity index is 645. The standard InChI is InChI=1S/C17H19BrFNO3/c1-11(5-7-14-4-3-9-22-14)20-17(21)12(2)23-16-8-6-13(19)10-15(16)18/h3-4,6,8-12H,5,7H2,1-2H3,(H,20,21). The van der Waals surface area contributed by atoms with Crippen LogP contribution in [0.5, 0.6) is 5.75 Å². The molecule has 0 radical (unpaired) electrons. The molecule has 1 aromatic heterocycles. The average molecular weight is 384 g/mol. The molecule has 0 fully saturated rings. The summed E-state index contributed by atoms with van der Waals surface area (Å²) in [5.74, 6) is 0.740. The molecule has 1 amide bonds. The first-order chi connectivity index (χ1) is 11.0. The Labute approximate surface area is 143 Å². The first kappa shape index (κ1) is 17.5. The molecule has 2 aromatic rings. The van der Waals surface area contributed by atoms with Crippen LogP contribution in [-0.4, -0.2) is 18.1 Å². The molecule has 0 spiro atoms. The van der Waals surface area contributed by atoms with Gasteiger partial charge in [0.15, 0.2) is 6.10 Å². The number of ether oxygens (including phenoxy) is 1. The minimum Gasteiger partial charge on any atom is -0.480 e. The summed E-state index contributed by atoms with van der Waals surface area (Å²) in [5.41, 5.74) is 0. The van der Waals surface area contributed by atoms with Gasteiger partial charge < -0.3 is 14.5 Å². The van der Waals surface area contributed by atoms with Gasteiger partial charge in [-0.2, -0.15) is 0 Å². The molecular formula is C17H19BrFNO3. The number of furan rings is 1. The van der Waals surface area contributed by atoms with E-state index in [2.05, 4.69) is 21.2 Å². The maximum absolute atomic E-state index is 13.0. The Hall–Kier alpha value is -1.82. The minimum absolute atomic E-state index is 0.00434. The summed E-state index contributed by atoms with van der Waals surface area (Å²) in [6.45, 7) is 3.59. The molecule has 0 aliphatic heterocycles. The quantitative estimate of drug-likeness (QED) is 0.783. The predicted molar refractivity (Wildman–Crippen MR) is 88.8 cm³/mol. The fourth-order valence-corrected chi connectivity index (χ4v) is 2.51. The number of aryl methyl sites for hydroxylation is 1. The number of nitrogens with one attached hydrogen (secondary N) is 1. The number of rotatable bonds is 7. The minimum atomic E-state index is -0.678. The van der Waals surface area contributed by atoms with Crippen LogP contribution in [-0.2, 0) is 11.2 Å². The van der Waals surface area contributed by atoms with Gasteiger partial charge in [-0.3, -0.25) is 4.79 Å². The summed E-state index contributed by atoms with van der Waals surface area (Å²) in [7, 11) is 0. The molecule has 23 heavy (non-hydrogen) atoms. The van der Waals surface area contributed by atoms with Crippen LogP contribution in [0, 0.1) is 5.82 Å². The van der Waals surface area contributed by atoms with Gasteiger partial charge in [-0.05, 0) is 66.5 Å². The number of hydrogen-bond acceptors (Lipinski definition) is 3. The van der Waals surface area contributed by atoms with Crippen molar-refractivity contribution in [1.29, 1.82) is 0 Å². The first-order valence-corrected chi connectivity index (χ1v) is 8.19. The summed E-state index contributed by atoms with van der Waals surface area (Å²) in [6.07, 6.45) is 2.48. The van der Waals surface area contributed by atoms with Gasteiger partial charge in [-0.15, -0.1) is 0 Å². The number of amides is 1. The number of halogens is 2. The van der Waals surface area contributed by atoms with Crippen molar-refractivity contribution in [3.63, 3.8) is 0 Å². The molecular weight excluding hydrogens is 365 g/mol. The van der Waals surface area contributed by atoms with Crippen LogP contribution in [0.25, 0.3) is 0 Å². The third-order valence-electron chi connectivity index (χ3n) is 3.36. The fourth-order valence-electron chi connectivity index (χ4n) is 2.06. The van der Waals surface area contributed by atoms with Gasteiger partial charge >= 0.3 is 0 Å². The van der Waals surface area contributed by atoms with Gasteiger partial charge in [0.25, 0.3) is 5.91 Å². The molecule has 6 heteroatoms. The van der Waals surface area contributed by atoms with Gasteiger partial charge in [-0.1, -0.05) is 0 Å². The van der Waals surface area contributed by atoms with E-state index >= 15 is 0 Å². The van der Waals surface area contributed by atoms with Crippen LogP contribution in [0.3, 0.4) is 0 Å². The number of carbonyl (C=O) groups excluding carboxylic acids is 1. The van der Waals surface area contributed by atoms with Gasteiger partial charge in [0.1, 0.15) is 17.3 Å². The zero-order valence-corrected chi connectivity index (χ0v) is 14.6. The SMILES string of the molecule is CC(CCc1ccco1)NC(=O)C(C)Oc1ccc(F)cc1Br. The molecule has 2 atom stereocenters. The first-order valence-electron chi connectivity index (χ1n) is 7.40. The lowest BCUT2D eigenvalue weighted by molar-refractivity contribution is -0.127. The lowest BCUT2D eigenvalue weighted by Gasteiger charge is -2.19. The van der Waals surface area contributed by atoms with Crippen LogP contribution in [0.4, 0.5) is 4.39 Å². The van der Waals surface area contributed by atoms with Gasteiger partial charge in [-0.25, -0.2) is 4.39 Å². The number of benzene rings is 1. The van der Waals surface area contributed by atoms with Crippen LogP contribution in [0.1, 0.15) is 26.0 Å². The molecule has 2 unspecified atom stereocenters. The van der Waals surface area contributed by atoms with Crippen molar-refractivity contribution < 1.29 is 18.3 Å². The molecule has 1 N–H and O–H groups in total. The third-order valence-corrected chi connectivity index (χ3v) is 3.98. The monoisotopic (exact) mass is 383 g/mol. The van der Waals surface area contributed by atoms with E-state index in [1.165, 1.54) is 18.2 Å². The highest BCUT2D eigenvalue weighted by Gasteiger charge is 2.18. The van der Waals surface area contributed by atoms with Gasteiger partial charge in [0.05, 0.1) is 10.7 Å². The largest absolute Gasteiger partial charge is 0.480 e. The summed E-state index contributed by atoms with van der Waals surface area (Å²) in [5, 5.41) is 2.90. The maximum Gasteiger partial charge on any atom is 0.260 e. The molecule has 0 saturated heterocycles. The van der Waals surface area contributed by atoms with Crippen molar-refractivity contribution in [1.82, 2.24) is 5.32 Å². The molecule has 0 bridgehead atoms. The van der Waals surface area contributed by atoms with Crippen LogP contribution < -0.4 is 10.1 Å². The Balaban J connectivity index is 1.81. The second-order valence-corrected chi connectivity index (χ2v) is 6.22. The molecule has 1 aromatic carbocycles. The Morgan fingerprint density at radius 2 is 2.17 bits per heavy atom. The van der Waals surface area contributed by atoms with Crippen molar-refractivity contribution in [2.45, 2.75) is 38.8 Å². The van der Waals surface area contributed by atoms with Gasteiger partial charge in [0.2, 0.25) is 0 Å². The van der Waals surface area contributed by atoms with E-state index in [1.807, 2.05) is 19.1 Å². The van der Waals surface area contributed by atoms with Crippen molar-refractivity contribution >= 4 is 21.8 Å². The number of hydrogen-bond donors (Lipinski definition) is 1. The van der Waals surface area contributed by atoms with E-state index in [0.717, 1.165) is 18.6 Å². The van der Waals surface area contributed by atoms with Crippen molar-refractivity contribution in [3.8, 4) is 5.75 Å². The average Bonchev–Trinajstić information content (AvgIpc) is 3.01. The van der Waals surface area contributed by atoms with E-state index in [4.69, 9.17) is 9.15 Å². The molecule has 0 saturated carbocycles. The van der Waals surface area contributed by atoms with Crippen LogP contribution in [0.2, 0.25) is 0 Å². The Morgan fingerprint density at radius 3 is 2.83 bits per heavy atom. The zero-order valence-electron chi connectivity index (χ0n) is 13.0. The summed E-state index contributed by atoms with van der Waals surface area (Å²) >= 11 is 3.22. The summed E-state index contributed by atoms with van der Waals surface area (Å²) < 4.78 is 24.4. The lowest BCUT2D eigenvalue weighted by Crippen LogP contribution is -2.41. The van der Waals surface area contributed by atoms with Crippen LogP contribution in [0.15, 0.2) is 45.5 Å². The van der Waals surface area contributed by atoms with Crippen molar-refractivity contribution in [2.75, 3.05) is 0 Å². The number of carbonyl (C=O) groups is 1. The third kappa shape index (κ3) is 5.39. The molecule has 0 aliphatic carbocycles. The highest BCUT2D eigenvalue weighted by Crippen LogP contribution is 2.26. The van der Waals surface area contributed by atoms with Crippen molar-refractivity contribution in [2.24, 2.45) is 0 Å². The Kier molecular flexibility index (Phi) is 6.21. The predicted octanol–water partition coefficient (Wildman–Crippen LogP) is 4.09. The van der Waals surface area contributed by atoms with E-state index in [0.29, 0.717) is 10.2 Å². The smallest absolute Gasteiger partial charge is 0.260 e. The van der Waals surface area contributed by atoms with E-state index < -0.39 is 6.10 Å². The second-order valence-electron chi connectivity index (χ2n) is 5.36. The molecule has 0 aliphatic rings. The van der Waals surface area contributed by atoms with Crippen LogP contribution >= 0.6 is 15.9 Å². The molecule has 2 rings (SSSR count). The highest BCUT2D eigenvalue weighted by atomic mass is 79.9. The van der Waals surface area contributed by atoms with E-state index in [1.54, 1.807) is 13.2 Å². The summed E-state index contributed by atoms with van der Waals surface area (Å²) in [6, 6.07) is 7.82. The molecule has 1 heterocycles. The van der Waals surface area contributed by atoms with Crippen molar-refractivity contribution in [3.05, 3.63) is 52.6 Å². The maximum atomic E-state index is 13.0. The molecule has 124 valence electrons. The topological polar surface area (TPSA) is 51.5 Å². The fraction of sp³-hybridized carbons (Fsp3) is 0.353. The van der Waals surface area contributed by atoms with E-state index in [-0.39, 0.29) is 17.8 Å². The zero-order chi connectivity index (χ0) is 16.8.